The van der Waals surface area contributed by atoms with Crippen molar-refractivity contribution in [3.63, 3.8) is 0 Å². The molecule has 1 amide bonds. The van der Waals surface area contributed by atoms with Gasteiger partial charge in [-0.15, -0.1) is 12.4 Å². The number of benzene rings is 1. The summed E-state index contributed by atoms with van der Waals surface area (Å²) in [4.78, 5) is 14.1. The molecule has 0 radical (unpaired) electrons. The Balaban J connectivity index is 0.00000180. The SMILES string of the molecule is CC(Cc1ccccc1)NC(=O)CN1CCCC1.Cl. The maximum Gasteiger partial charge on any atom is 0.234 e. The van der Waals surface area contributed by atoms with Crippen LogP contribution in [0, 0.1) is 0 Å². The fraction of sp³-hybridized carbons (Fsp3) is 0.533. The number of halogens is 1. The molecule has 0 aliphatic carbocycles. The first kappa shape index (κ1) is 16.0. The summed E-state index contributed by atoms with van der Waals surface area (Å²) in [7, 11) is 0. The summed E-state index contributed by atoms with van der Waals surface area (Å²) in [5.74, 6) is 0.153. The molecule has 1 fully saturated rings. The fourth-order valence-corrected chi connectivity index (χ4v) is 2.48. The van der Waals surface area contributed by atoms with Crippen LogP contribution in [0.2, 0.25) is 0 Å². The van der Waals surface area contributed by atoms with Crippen molar-refractivity contribution in [1.82, 2.24) is 10.2 Å². The molecule has 0 bridgehead atoms. The second kappa shape index (κ2) is 8.18. The van der Waals surface area contributed by atoms with Gasteiger partial charge in [-0.1, -0.05) is 30.3 Å². The van der Waals surface area contributed by atoms with Gasteiger partial charge in [0, 0.05) is 6.04 Å². The number of nitrogens with one attached hydrogen (secondary N) is 1. The highest BCUT2D eigenvalue weighted by molar-refractivity contribution is 5.85. The molecule has 0 saturated carbocycles. The normalized spacial score (nSPS) is 16.7. The van der Waals surface area contributed by atoms with Gasteiger partial charge in [0.15, 0.2) is 0 Å². The quantitative estimate of drug-likeness (QED) is 0.898. The van der Waals surface area contributed by atoms with Crippen LogP contribution in [0.15, 0.2) is 30.3 Å². The van der Waals surface area contributed by atoms with Crippen molar-refractivity contribution in [3.05, 3.63) is 35.9 Å². The Kier molecular flexibility index (Phi) is 6.89. The summed E-state index contributed by atoms with van der Waals surface area (Å²) < 4.78 is 0. The molecular formula is C15H23ClN2O. The number of amides is 1. The van der Waals surface area contributed by atoms with E-state index >= 15 is 0 Å². The van der Waals surface area contributed by atoms with Crippen molar-refractivity contribution in [2.24, 2.45) is 0 Å². The van der Waals surface area contributed by atoms with Gasteiger partial charge in [0.2, 0.25) is 5.91 Å². The minimum Gasteiger partial charge on any atom is -0.352 e. The second-order valence-electron chi connectivity index (χ2n) is 5.14. The van der Waals surface area contributed by atoms with Crippen LogP contribution in [0.3, 0.4) is 0 Å². The molecule has 1 aliphatic heterocycles. The number of hydrogen-bond donors (Lipinski definition) is 1. The molecule has 1 aromatic rings. The van der Waals surface area contributed by atoms with Crippen molar-refractivity contribution in [3.8, 4) is 0 Å². The fourth-order valence-electron chi connectivity index (χ4n) is 2.48. The molecule has 2 rings (SSSR count). The van der Waals surface area contributed by atoms with Crippen LogP contribution in [0.4, 0.5) is 0 Å². The minimum absolute atomic E-state index is 0. The van der Waals surface area contributed by atoms with Gasteiger partial charge in [0.1, 0.15) is 0 Å². The Morgan fingerprint density at radius 1 is 1.26 bits per heavy atom. The maximum atomic E-state index is 11.8. The van der Waals surface area contributed by atoms with Gasteiger partial charge in [0.25, 0.3) is 0 Å². The average molecular weight is 283 g/mol. The van der Waals surface area contributed by atoms with Gasteiger partial charge in [-0.3, -0.25) is 9.69 Å². The third-order valence-electron chi connectivity index (χ3n) is 3.36. The summed E-state index contributed by atoms with van der Waals surface area (Å²) in [5, 5.41) is 3.07. The molecule has 1 saturated heterocycles. The Hall–Kier alpha value is -1.06. The van der Waals surface area contributed by atoms with Gasteiger partial charge in [0.05, 0.1) is 6.54 Å². The van der Waals surface area contributed by atoms with Crippen molar-refractivity contribution in [1.29, 1.82) is 0 Å². The van der Waals surface area contributed by atoms with E-state index in [9.17, 15) is 4.79 Å². The molecular weight excluding hydrogens is 260 g/mol. The van der Waals surface area contributed by atoms with Crippen molar-refractivity contribution >= 4 is 18.3 Å². The van der Waals surface area contributed by atoms with E-state index in [1.165, 1.54) is 18.4 Å². The molecule has 1 unspecified atom stereocenters. The molecule has 1 heterocycles. The predicted octanol–water partition coefficient (Wildman–Crippen LogP) is 2.25. The van der Waals surface area contributed by atoms with Gasteiger partial charge in [-0.2, -0.15) is 0 Å². The van der Waals surface area contributed by atoms with E-state index in [1.54, 1.807) is 0 Å². The molecule has 1 aliphatic rings. The highest BCUT2D eigenvalue weighted by Crippen LogP contribution is 2.06. The Labute approximate surface area is 121 Å². The number of hydrogen-bond acceptors (Lipinski definition) is 2. The molecule has 0 spiro atoms. The zero-order valence-electron chi connectivity index (χ0n) is 11.5. The van der Waals surface area contributed by atoms with E-state index < -0.39 is 0 Å². The Morgan fingerprint density at radius 2 is 1.89 bits per heavy atom. The lowest BCUT2D eigenvalue weighted by Gasteiger charge is -2.18. The molecule has 4 heteroatoms. The summed E-state index contributed by atoms with van der Waals surface area (Å²) in [6.45, 7) is 4.76. The smallest absolute Gasteiger partial charge is 0.234 e. The monoisotopic (exact) mass is 282 g/mol. The van der Waals surface area contributed by atoms with Crippen LogP contribution in [0.25, 0.3) is 0 Å². The van der Waals surface area contributed by atoms with E-state index in [-0.39, 0.29) is 24.4 Å². The third-order valence-corrected chi connectivity index (χ3v) is 3.36. The lowest BCUT2D eigenvalue weighted by molar-refractivity contribution is -0.122. The van der Waals surface area contributed by atoms with E-state index in [4.69, 9.17) is 0 Å². The standard InChI is InChI=1S/C15H22N2O.ClH/c1-13(11-14-7-3-2-4-8-14)16-15(18)12-17-9-5-6-10-17;/h2-4,7-8,13H,5-6,9-12H2,1H3,(H,16,18);1H. The molecule has 0 aromatic heterocycles. The van der Waals surface area contributed by atoms with E-state index in [2.05, 4.69) is 29.3 Å². The van der Waals surface area contributed by atoms with Crippen molar-refractivity contribution < 1.29 is 4.79 Å². The van der Waals surface area contributed by atoms with Gasteiger partial charge >= 0.3 is 0 Å². The number of nitrogens with zero attached hydrogens (tertiary/aromatic N) is 1. The second-order valence-corrected chi connectivity index (χ2v) is 5.14. The highest BCUT2D eigenvalue weighted by Gasteiger charge is 2.16. The lowest BCUT2D eigenvalue weighted by atomic mass is 10.1. The number of carbonyl (C=O) groups is 1. The van der Waals surface area contributed by atoms with E-state index in [0.29, 0.717) is 6.54 Å². The van der Waals surface area contributed by atoms with Crippen LogP contribution in [-0.4, -0.2) is 36.5 Å². The van der Waals surface area contributed by atoms with Crippen LogP contribution in [0.1, 0.15) is 25.3 Å². The zero-order valence-corrected chi connectivity index (χ0v) is 12.3. The van der Waals surface area contributed by atoms with Crippen LogP contribution in [-0.2, 0) is 11.2 Å². The molecule has 3 nitrogen and oxygen atoms in total. The summed E-state index contributed by atoms with van der Waals surface area (Å²) in [5.41, 5.74) is 1.27. The van der Waals surface area contributed by atoms with E-state index in [1.807, 2.05) is 18.2 Å². The first-order chi connectivity index (χ1) is 8.74. The number of likely N-dealkylation sites (tertiary alicyclic amines) is 1. The van der Waals surface area contributed by atoms with Crippen LogP contribution >= 0.6 is 12.4 Å². The first-order valence-corrected chi connectivity index (χ1v) is 6.79. The topological polar surface area (TPSA) is 32.3 Å². The van der Waals surface area contributed by atoms with Gasteiger partial charge in [-0.25, -0.2) is 0 Å². The maximum absolute atomic E-state index is 11.8. The summed E-state index contributed by atoms with van der Waals surface area (Å²) >= 11 is 0. The third kappa shape index (κ3) is 5.62. The Morgan fingerprint density at radius 3 is 2.53 bits per heavy atom. The highest BCUT2D eigenvalue weighted by atomic mass is 35.5. The lowest BCUT2D eigenvalue weighted by Crippen LogP contribution is -2.40. The minimum atomic E-state index is 0. The van der Waals surface area contributed by atoms with E-state index in [0.717, 1.165) is 19.5 Å². The molecule has 106 valence electrons. The van der Waals surface area contributed by atoms with Crippen molar-refractivity contribution in [2.45, 2.75) is 32.2 Å². The largest absolute Gasteiger partial charge is 0.352 e. The van der Waals surface area contributed by atoms with Gasteiger partial charge < -0.3 is 5.32 Å². The molecule has 1 N–H and O–H groups in total. The predicted molar refractivity (Wildman–Crippen MR) is 80.7 cm³/mol. The summed E-state index contributed by atoms with van der Waals surface area (Å²) in [6, 6.07) is 10.5. The van der Waals surface area contributed by atoms with Gasteiger partial charge in [-0.05, 0) is 44.8 Å². The van der Waals surface area contributed by atoms with Crippen molar-refractivity contribution in [2.75, 3.05) is 19.6 Å². The van der Waals surface area contributed by atoms with Crippen LogP contribution in [0.5, 0.6) is 0 Å². The molecule has 19 heavy (non-hydrogen) atoms. The first-order valence-electron chi connectivity index (χ1n) is 6.79. The molecule has 1 aromatic carbocycles. The van der Waals surface area contributed by atoms with Crippen LogP contribution < -0.4 is 5.32 Å². The average Bonchev–Trinajstić information content (AvgIpc) is 2.82. The summed E-state index contributed by atoms with van der Waals surface area (Å²) in [6.07, 6.45) is 3.35. The zero-order chi connectivity index (χ0) is 12.8. The molecule has 1 atom stereocenters. The number of rotatable bonds is 5. The Bertz CT molecular complexity index is 377. The number of carbonyl (C=O) groups excluding carboxylic acids is 1.